The molecule has 0 spiro atoms. The fourth-order valence-corrected chi connectivity index (χ4v) is 3.74. The number of rotatable bonds is 6. The highest BCUT2D eigenvalue weighted by Crippen LogP contribution is 2.52. The number of hydrogen-bond donors (Lipinski definition) is 1. The Kier molecular flexibility index (Phi) is 4.32. The van der Waals surface area contributed by atoms with Crippen LogP contribution in [0.15, 0.2) is 18.2 Å². The van der Waals surface area contributed by atoms with Crippen LogP contribution in [0, 0.1) is 11.3 Å². The van der Waals surface area contributed by atoms with E-state index in [1.807, 2.05) is 6.07 Å². The second-order valence-electron chi connectivity index (χ2n) is 6.59. The lowest BCUT2D eigenvalue weighted by molar-refractivity contribution is -0.113. The summed E-state index contributed by atoms with van der Waals surface area (Å²) in [7, 11) is 0. The molecule has 1 aromatic heterocycles. The number of ether oxygens (including phenoxy) is 2. The third-order valence-corrected chi connectivity index (χ3v) is 4.74. The van der Waals surface area contributed by atoms with Gasteiger partial charge in [-0.2, -0.15) is 0 Å². The van der Waals surface area contributed by atoms with Crippen LogP contribution in [-0.2, 0) is 11.3 Å². The van der Waals surface area contributed by atoms with Gasteiger partial charge in [-0.05, 0) is 12.5 Å². The van der Waals surface area contributed by atoms with E-state index in [0.717, 1.165) is 18.7 Å². The number of nitrogens with zero attached hydrogens (tertiary/aromatic N) is 1. The van der Waals surface area contributed by atoms with Gasteiger partial charge in [0, 0.05) is 36.6 Å². The van der Waals surface area contributed by atoms with Crippen molar-refractivity contribution >= 4 is 0 Å². The molecule has 1 aliphatic heterocycles. The van der Waals surface area contributed by atoms with E-state index in [-0.39, 0.29) is 11.3 Å². The van der Waals surface area contributed by atoms with E-state index < -0.39 is 13.0 Å². The molecule has 1 aliphatic carbocycles. The summed E-state index contributed by atoms with van der Waals surface area (Å²) in [5.41, 5.74) is 0.912. The topological polar surface area (TPSA) is 43.4 Å². The molecule has 22 heavy (non-hydrogen) atoms. The van der Waals surface area contributed by atoms with Crippen LogP contribution in [0.2, 0.25) is 0 Å². The van der Waals surface area contributed by atoms with Crippen LogP contribution in [-0.4, -0.2) is 36.8 Å². The summed E-state index contributed by atoms with van der Waals surface area (Å²) in [5.74, 6) is 0.808. The number of alkyl halides is 2. The van der Waals surface area contributed by atoms with Gasteiger partial charge < -0.3 is 14.8 Å². The first-order valence-corrected chi connectivity index (χ1v) is 7.70. The summed E-state index contributed by atoms with van der Waals surface area (Å²) in [5, 5.41) is 3.54. The van der Waals surface area contributed by atoms with Gasteiger partial charge >= 0.3 is 0 Å². The zero-order chi connectivity index (χ0) is 15.7. The first kappa shape index (κ1) is 15.6. The molecular weight excluding hydrogens is 290 g/mol. The molecule has 6 heteroatoms. The van der Waals surface area contributed by atoms with Crippen molar-refractivity contribution in [2.45, 2.75) is 45.4 Å². The Morgan fingerprint density at radius 3 is 3.05 bits per heavy atom. The van der Waals surface area contributed by atoms with E-state index >= 15 is 0 Å². The highest BCUT2D eigenvalue weighted by atomic mass is 19.3. The lowest BCUT2D eigenvalue weighted by Gasteiger charge is -2.54. The maximum Gasteiger partial charge on any atom is 0.272 e. The third kappa shape index (κ3) is 2.94. The summed E-state index contributed by atoms with van der Waals surface area (Å²) in [6, 6.07) is 5.64. The van der Waals surface area contributed by atoms with Crippen molar-refractivity contribution in [3.05, 3.63) is 23.9 Å². The van der Waals surface area contributed by atoms with Crippen molar-refractivity contribution in [1.29, 1.82) is 0 Å². The largest absolute Gasteiger partial charge is 0.472 e. The van der Waals surface area contributed by atoms with Gasteiger partial charge in [0.1, 0.15) is 0 Å². The van der Waals surface area contributed by atoms with Gasteiger partial charge in [-0.25, -0.2) is 13.8 Å². The third-order valence-electron chi connectivity index (χ3n) is 4.74. The minimum Gasteiger partial charge on any atom is -0.472 e. The number of fused-ring (bicyclic) bond motifs is 1. The lowest BCUT2D eigenvalue weighted by Crippen LogP contribution is -2.65. The van der Waals surface area contributed by atoms with Crippen molar-refractivity contribution in [3.8, 4) is 5.88 Å². The minimum atomic E-state index is -2.49. The maximum atomic E-state index is 12.2. The van der Waals surface area contributed by atoms with Gasteiger partial charge in [0.25, 0.3) is 6.43 Å². The van der Waals surface area contributed by atoms with Crippen LogP contribution in [0.1, 0.15) is 26.0 Å². The summed E-state index contributed by atoms with van der Waals surface area (Å²) in [6.45, 7) is 5.25. The quantitative estimate of drug-likeness (QED) is 0.877. The molecule has 2 aliphatic rings. The predicted molar refractivity (Wildman–Crippen MR) is 78.0 cm³/mol. The van der Waals surface area contributed by atoms with Crippen molar-refractivity contribution in [3.63, 3.8) is 0 Å². The number of nitrogens with one attached hydrogen (secondary N) is 1. The molecule has 1 saturated carbocycles. The molecule has 1 aromatic rings. The van der Waals surface area contributed by atoms with Crippen molar-refractivity contribution in [2.24, 2.45) is 11.3 Å². The molecule has 122 valence electrons. The number of hydrogen-bond acceptors (Lipinski definition) is 4. The number of aromatic nitrogens is 1. The second kappa shape index (κ2) is 6.08. The summed E-state index contributed by atoms with van der Waals surface area (Å²) >= 11 is 0. The Balaban J connectivity index is 1.56. The molecule has 0 bridgehead atoms. The van der Waals surface area contributed by atoms with E-state index in [2.05, 4.69) is 24.1 Å². The van der Waals surface area contributed by atoms with Gasteiger partial charge in [-0.3, -0.25) is 0 Å². The zero-order valence-electron chi connectivity index (χ0n) is 12.9. The standard InChI is InChI=1S/C16H22F2N2O2/c1-16(2)14(11-6-7-21-15(11)16)19-8-10-4-3-5-13(20-10)22-9-12(17)18/h3-5,11-12,14-15,19H,6-9H2,1-2H3/t11-,14+,15-/m0/s1. The van der Waals surface area contributed by atoms with Gasteiger partial charge in [0.2, 0.25) is 5.88 Å². The molecule has 3 rings (SSSR count). The molecule has 0 radical (unpaired) electrons. The molecule has 2 fully saturated rings. The second-order valence-corrected chi connectivity index (χ2v) is 6.59. The average Bonchev–Trinajstić information content (AvgIpc) is 2.92. The van der Waals surface area contributed by atoms with Gasteiger partial charge in [-0.15, -0.1) is 0 Å². The first-order valence-electron chi connectivity index (χ1n) is 7.70. The number of halogens is 2. The molecule has 2 heterocycles. The van der Waals surface area contributed by atoms with Crippen LogP contribution < -0.4 is 10.1 Å². The molecule has 0 amide bonds. The van der Waals surface area contributed by atoms with Gasteiger partial charge in [-0.1, -0.05) is 19.9 Å². The van der Waals surface area contributed by atoms with Crippen LogP contribution >= 0.6 is 0 Å². The molecule has 0 unspecified atom stereocenters. The van der Waals surface area contributed by atoms with E-state index in [1.54, 1.807) is 12.1 Å². The zero-order valence-corrected chi connectivity index (χ0v) is 12.9. The molecule has 1 N–H and O–H groups in total. The Morgan fingerprint density at radius 1 is 1.45 bits per heavy atom. The van der Waals surface area contributed by atoms with E-state index in [1.165, 1.54) is 0 Å². The van der Waals surface area contributed by atoms with Crippen LogP contribution in [0.4, 0.5) is 8.78 Å². The first-order chi connectivity index (χ1) is 10.5. The van der Waals surface area contributed by atoms with Crippen LogP contribution in [0.3, 0.4) is 0 Å². The fraction of sp³-hybridized carbons (Fsp3) is 0.688. The van der Waals surface area contributed by atoms with Gasteiger partial charge in [0.05, 0.1) is 11.8 Å². The maximum absolute atomic E-state index is 12.2. The predicted octanol–water partition coefficient (Wildman–Crippen LogP) is 2.63. The lowest BCUT2D eigenvalue weighted by atomic mass is 9.57. The Hall–Kier alpha value is -1.27. The summed E-state index contributed by atoms with van der Waals surface area (Å²) < 4.78 is 35.1. The van der Waals surface area contributed by atoms with Crippen LogP contribution in [0.5, 0.6) is 5.88 Å². The normalized spacial score (nSPS) is 29.2. The van der Waals surface area contributed by atoms with Crippen molar-refractivity contribution < 1.29 is 18.3 Å². The fourth-order valence-electron chi connectivity index (χ4n) is 3.74. The molecule has 4 nitrogen and oxygen atoms in total. The van der Waals surface area contributed by atoms with E-state index in [0.29, 0.717) is 24.6 Å². The SMILES string of the molecule is CC1(C)[C@H](NCc2cccc(OCC(F)F)n2)[C@@H]2CCO[C@@H]21. The monoisotopic (exact) mass is 312 g/mol. The van der Waals surface area contributed by atoms with Gasteiger partial charge in [0.15, 0.2) is 6.61 Å². The Morgan fingerprint density at radius 2 is 2.27 bits per heavy atom. The average molecular weight is 312 g/mol. The van der Waals surface area contributed by atoms with E-state index in [9.17, 15) is 8.78 Å². The van der Waals surface area contributed by atoms with Crippen molar-refractivity contribution in [1.82, 2.24) is 10.3 Å². The molecule has 0 aromatic carbocycles. The van der Waals surface area contributed by atoms with Crippen LogP contribution in [0.25, 0.3) is 0 Å². The highest BCUT2D eigenvalue weighted by Gasteiger charge is 2.58. The molecular formula is C16H22F2N2O2. The van der Waals surface area contributed by atoms with E-state index in [4.69, 9.17) is 9.47 Å². The molecule has 1 saturated heterocycles. The molecule has 3 atom stereocenters. The van der Waals surface area contributed by atoms with Crippen molar-refractivity contribution in [2.75, 3.05) is 13.2 Å². The Labute approximate surface area is 129 Å². The Bertz CT molecular complexity index is 525. The highest BCUT2D eigenvalue weighted by molar-refractivity contribution is 5.17. The minimum absolute atomic E-state index is 0.116. The summed E-state index contributed by atoms with van der Waals surface area (Å²) in [4.78, 5) is 4.26. The summed E-state index contributed by atoms with van der Waals surface area (Å²) in [6.07, 6.45) is -1.05. The smallest absolute Gasteiger partial charge is 0.272 e. The number of pyridine rings is 1.